The van der Waals surface area contributed by atoms with Gasteiger partial charge in [0.15, 0.2) is 0 Å². The van der Waals surface area contributed by atoms with E-state index in [0.717, 1.165) is 21.5 Å². The van der Waals surface area contributed by atoms with Crippen molar-refractivity contribution in [3.05, 3.63) is 81.4 Å². The van der Waals surface area contributed by atoms with E-state index in [2.05, 4.69) is 15.5 Å². The number of nitrogens with zero attached hydrogens (tertiary/aromatic N) is 4. The second-order valence-corrected chi connectivity index (χ2v) is 8.00. The zero-order valence-corrected chi connectivity index (χ0v) is 19.5. The van der Waals surface area contributed by atoms with Crippen LogP contribution in [-0.2, 0) is 16.1 Å². The largest absolute Gasteiger partial charge is 0.462 e. The van der Waals surface area contributed by atoms with Gasteiger partial charge >= 0.3 is 5.97 Å². The molecular weight excluding hydrogens is 434 g/mol. The number of aromatic nitrogens is 4. The molecule has 2 aromatic heterocycles. The van der Waals surface area contributed by atoms with E-state index in [1.165, 1.54) is 0 Å². The molecule has 9 nitrogen and oxygen atoms in total. The first kappa shape index (κ1) is 22.9. The zero-order chi connectivity index (χ0) is 24.4. The highest BCUT2D eigenvalue weighted by molar-refractivity contribution is 5.93. The number of ether oxygens (including phenoxy) is 1. The normalized spacial score (nSPS) is 10.9. The number of carbonyl (C=O) groups is 2. The van der Waals surface area contributed by atoms with Gasteiger partial charge in [0.25, 0.3) is 5.56 Å². The number of aryl methyl sites for hydroxylation is 3. The highest BCUT2D eigenvalue weighted by atomic mass is 16.5. The van der Waals surface area contributed by atoms with Crippen LogP contribution in [0, 0.1) is 20.8 Å². The van der Waals surface area contributed by atoms with Crippen LogP contribution in [-0.4, -0.2) is 38.0 Å². The molecule has 0 aliphatic heterocycles. The first-order valence-electron chi connectivity index (χ1n) is 10.9. The van der Waals surface area contributed by atoms with Crippen LogP contribution >= 0.6 is 0 Å². The molecule has 4 rings (SSSR count). The molecule has 0 aliphatic carbocycles. The molecule has 2 heterocycles. The molecule has 0 unspecified atom stereocenters. The molecule has 0 bridgehead atoms. The number of hydrogen-bond donors (Lipinski definition) is 1. The van der Waals surface area contributed by atoms with Gasteiger partial charge in [0.2, 0.25) is 5.91 Å². The molecule has 0 fully saturated rings. The quantitative estimate of drug-likeness (QED) is 0.443. The van der Waals surface area contributed by atoms with Crippen molar-refractivity contribution in [1.29, 1.82) is 0 Å². The van der Waals surface area contributed by atoms with Gasteiger partial charge in [0.05, 0.1) is 29.7 Å². The van der Waals surface area contributed by atoms with Crippen LogP contribution in [0.15, 0.2) is 53.5 Å². The Morgan fingerprint density at radius 3 is 2.47 bits per heavy atom. The summed E-state index contributed by atoms with van der Waals surface area (Å²) in [5, 5.41) is 12.1. The van der Waals surface area contributed by atoms with Crippen molar-refractivity contribution < 1.29 is 14.3 Å². The van der Waals surface area contributed by atoms with E-state index in [1.807, 2.05) is 32.0 Å². The highest BCUT2D eigenvalue weighted by Gasteiger charge is 2.18. The van der Waals surface area contributed by atoms with Gasteiger partial charge in [-0.25, -0.2) is 14.2 Å². The fourth-order valence-corrected chi connectivity index (χ4v) is 3.80. The van der Waals surface area contributed by atoms with Crippen molar-refractivity contribution in [1.82, 2.24) is 19.6 Å². The summed E-state index contributed by atoms with van der Waals surface area (Å²) in [6.07, 6.45) is 1.62. The molecule has 0 aliphatic rings. The van der Waals surface area contributed by atoms with Gasteiger partial charge in [-0.15, -0.1) is 0 Å². The number of amides is 1. The Morgan fingerprint density at radius 2 is 1.79 bits per heavy atom. The van der Waals surface area contributed by atoms with Crippen LogP contribution in [0.3, 0.4) is 0 Å². The lowest BCUT2D eigenvalue weighted by Gasteiger charge is -2.11. The summed E-state index contributed by atoms with van der Waals surface area (Å²) < 4.78 is 7.70. The third-order valence-electron chi connectivity index (χ3n) is 5.42. The molecule has 1 N–H and O–H groups in total. The fourth-order valence-electron chi connectivity index (χ4n) is 3.80. The summed E-state index contributed by atoms with van der Waals surface area (Å²) in [6, 6.07) is 12.2. The van der Waals surface area contributed by atoms with Gasteiger partial charge in [0.1, 0.15) is 12.1 Å². The van der Waals surface area contributed by atoms with Crippen molar-refractivity contribution in [3.8, 4) is 5.69 Å². The maximum atomic E-state index is 13.3. The number of hydrogen-bond acceptors (Lipinski definition) is 6. The Morgan fingerprint density at radius 1 is 1.06 bits per heavy atom. The van der Waals surface area contributed by atoms with E-state index >= 15 is 0 Å². The van der Waals surface area contributed by atoms with E-state index in [0.29, 0.717) is 27.8 Å². The Kier molecular flexibility index (Phi) is 6.27. The van der Waals surface area contributed by atoms with Gasteiger partial charge in [0, 0.05) is 11.1 Å². The number of anilines is 1. The van der Waals surface area contributed by atoms with Crippen molar-refractivity contribution in [2.75, 3.05) is 11.9 Å². The van der Waals surface area contributed by atoms with E-state index < -0.39 is 17.4 Å². The second kappa shape index (κ2) is 9.30. The second-order valence-electron chi connectivity index (χ2n) is 8.00. The maximum Gasteiger partial charge on any atom is 0.338 e. The standard InChI is InChI=1S/C25H25N5O4/c1-5-34-25(33)18-7-9-19(10-8-18)27-22(31)14-29-24(32)23-20(17(4)28-29)13-26-30(23)21-11-6-15(2)12-16(21)3/h6-13H,5,14H2,1-4H3,(H,27,31). The minimum Gasteiger partial charge on any atom is -0.462 e. The topological polar surface area (TPSA) is 108 Å². The van der Waals surface area contributed by atoms with Gasteiger partial charge in [-0.1, -0.05) is 17.7 Å². The van der Waals surface area contributed by atoms with Crippen LogP contribution in [0.5, 0.6) is 0 Å². The average molecular weight is 460 g/mol. The van der Waals surface area contributed by atoms with Gasteiger partial charge in [-0.2, -0.15) is 10.2 Å². The van der Waals surface area contributed by atoms with Crippen molar-refractivity contribution >= 4 is 28.5 Å². The summed E-state index contributed by atoms with van der Waals surface area (Å²) in [4.78, 5) is 37.7. The molecule has 0 atom stereocenters. The van der Waals surface area contributed by atoms with Crippen molar-refractivity contribution in [2.45, 2.75) is 34.2 Å². The first-order chi connectivity index (χ1) is 16.3. The SMILES string of the molecule is CCOC(=O)c1ccc(NC(=O)Cn2nc(C)c3cnn(-c4ccc(C)cc4C)c3c2=O)cc1. The number of fused-ring (bicyclic) bond motifs is 1. The molecule has 34 heavy (non-hydrogen) atoms. The highest BCUT2D eigenvalue weighted by Crippen LogP contribution is 2.21. The molecule has 9 heteroatoms. The van der Waals surface area contributed by atoms with E-state index in [-0.39, 0.29) is 13.2 Å². The number of esters is 1. The molecular formula is C25H25N5O4. The minimum atomic E-state index is -0.430. The Hall–Kier alpha value is -4.27. The molecule has 1 amide bonds. The number of benzene rings is 2. The van der Waals surface area contributed by atoms with E-state index in [4.69, 9.17) is 4.74 Å². The molecule has 2 aromatic carbocycles. The van der Waals surface area contributed by atoms with Crippen LogP contribution in [0.25, 0.3) is 16.6 Å². The zero-order valence-electron chi connectivity index (χ0n) is 19.5. The van der Waals surface area contributed by atoms with Crippen molar-refractivity contribution in [3.63, 3.8) is 0 Å². The number of nitrogens with one attached hydrogen (secondary N) is 1. The molecule has 0 saturated heterocycles. The smallest absolute Gasteiger partial charge is 0.338 e. The summed E-state index contributed by atoms with van der Waals surface area (Å²) in [6.45, 7) is 7.48. The van der Waals surface area contributed by atoms with E-state index in [1.54, 1.807) is 49.0 Å². The molecule has 0 saturated carbocycles. The predicted octanol–water partition coefficient (Wildman–Crippen LogP) is 3.32. The Labute approximate surface area is 196 Å². The van der Waals surface area contributed by atoms with Gasteiger partial charge < -0.3 is 10.1 Å². The summed E-state index contributed by atoms with van der Waals surface area (Å²) in [5.41, 5.74) is 4.31. The summed E-state index contributed by atoms with van der Waals surface area (Å²) in [5.74, 6) is -0.852. The lowest BCUT2D eigenvalue weighted by atomic mass is 10.1. The number of carbonyl (C=O) groups excluding carboxylic acids is 2. The van der Waals surface area contributed by atoms with Crippen molar-refractivity contribution in [2.24, 2.45) is 0 Å². The monoisotopic (exact) mass is 459 g/mol. The van der Waals surface area contributed by atoms with Crippen LogP contribution in [0.1, 0.15) is 34.1 Å². The van der Waals surface area contributed by atoms with Gasteiger partial charge in [-0.3, -0.25) is 9.59 Å². The van der Waals surface area contributed by atoms with Crippen LogP contribution in [0.4, 0.5) is 5.69 Å². The number of rotatable bonds is 6. The first-order valence-corrected chi connectivity index (χ1v) is 10.9. The maximum absolute atomic E-state index is 13.3. The molecule has 4 aromatic rings. The third-order valence-corrected chi connectivity index (χ3v) is 5.42. The van der Waals surface area contributed by atoms with Crippen LogP contribution in [0.2, 0.25) is 0 Å². The molecule has 0 radical (unpaired) electrons. The average Bonchev–Trinajstić information content (AvgIpc) is 3.23. The Balaban J connectivity index is 1.61. The summed E-state index contributed by atoms with van der Waals surface area (Å²) in [7, 11) is 0. The summed E-state index contributed by atoms with van der Waals surface area (Å²) >= 11 is 0. The fraction of sp³-hybridized carbons (Fsp3) is 0.240. The predicted molar refractivity (Wildman–Crippen MR) is 128 cm³/mol. The Bertz CT molecular complexity index is 1450. The third kappa shape index (κ3) is 4.45. The lowest BCUT2D eigenvalue weighted by molar-refractivity contribution is -0.117. The van der Waals surface area contributed by atoms with Crippen LogP contribution < -0.4 is 10.9 Å². The van der Waals surface area contributed by atoms with E-state index in [9.17, 15) is 14.4 Å². The lowest BCUT2D eigenvalue weighted by Crippen LogP contribution is -2.31. The molecule has 0 spiro atoms. The van der Waals surface area contributed by atoms with Gasteiger partial charge in [-0.05, 0) is 63.6 Å². The molecule has 174 valence electrons. The minimum absolute atomic E-state index is 0.271.